The highest BCUT2D eigenvalue weighted by Crippen LogP contribution is 2.41. The minimum absolute atomic E-state index is 0.198. The van der Waals surface area contributed by atoms with Gasteiger partial charge in [-0.25, -0.2) is 0 Å². The summed E-state index contributed by atoms with van der Waals surface area (Å²) in [6.07, 6.45) is 3.20. The first-order chi connectivity index (χ1) is 16.0. The van der Waals surface area contributed by atoms with E-state index in [-0.39, 0.29) is 11.8 Å². The van der Waals surface area contributed by atoms with Crippen LogP contribution in [0.1, 0.15) is 53.2 Å². The fourth-order valence-electron chi connectivity index (χ4n) is 5.12. The van der Waals surface area contributed by atoms with E-state index in [0.29, 0.717) is 6.42 Å². The summed E-state index contributed by atoms with van der Waals surface area (Å²) in [4.78, 5) is 19.5. The molecule has 0 aromatic heterocycles. The number of hydrogen-bond donors (Lipinski definition) is 0. The number of Topliss-reactive ketones (excluding diaryl/α,β-unsaturated/α-hetero) is 1. The molecule has 0 bridgehead atoms. The molecule has 33 heavy (non-hydrogen) atoms. The van der Waals surface area contributed by atoms with E-state index in [0.717, 1.165) is 41.9 Å². The highest BCUT2D eigenvalue weighted by Gasteiger charge is 2.44. The maximum atomic E-state index is 14.8. The summed E-state index contributed by atoms with van der Waals surface area (Å²) in [6.45, 7) is 5.28. The van der Waals surface area contributed by atoms with Crippen molar-refractivity contribution in [2.75, 3.05) is 27.2 Å². The van der Waals surface area contributed by atoms with Gasteiger partial charge in [-0.2, -0.15) is 0 Å². The van der Waals surface area contributed by atoms with E-state index >= 15 is 0 Å². The van der Waals surface area contributed by atoms with Crippen LogP contribution < -0.4 is 0 Å². The van der Waals surface area contributed by atoms with Gasteiger partial charge in [0.1, 0.15) is 0 Å². The van der Waals surface area contributed by atoms with Crippen LogP contribution in [0.5, 0.6) is 0 Å². The Morgan fingerprint density at radius 3 is 1.91 bits per heavy atom. The lowest BCUT2D eigenvalue weighted by atomic mass is 9.65. The molecule has 1 saturated heterocycles. The first-order valence-corrected chi connectivity index (χ1v) is 12.1. The molecule has 4 rings (SSSR count). The fourth-order valence-corrected chi connectivity index (χ4v) is 5.12. The van der Waals surface area contributed by atoms with Gasteiger partial charge in [0.15, 0.2) is 5.78 Å². The van der Waals surface area contributed by atoms with Gasteiger partial charge in [-0.15, -0.1) is 0 Å². The van der Waals surface area contributed by atoms with E-state index in [4.69, 9.17) is 0 Å². The van der Waals surface area contributed by atoms with E-state index < -0.39 is 5.41 Å². The molecule has 3 aromatic carbocycles. The third kappa shape index (κ3) is 4.95. The first kappa shape index (κ1) is 23.4. The maximum Gasteiger partial charge on any atom is 0.178 e. The van der Waals surface area contributed by atoms with Crippen LogP contribution in [0.25, 0.3) is 0 Å². The second-order valence-corrected chi connectivity index (χ2v) is 9.62. The van der Waals surface area contributed by atoms with Gasteiger partial charge in [-0.1, -0.05) is 84.9 Å². The van der Waals surface area contributed by atoms with Crippen molar-refractivity contribution in [3.8, 4) is 0 Å². The summed E-state index contributed by atoms with van der Waals surface area (Å²) in [7, 11) is 4.19. The standard InChI is InChI=1S/C30H36N2O/c1-24(31(2)3)22-30(26-15-6-4-7-16-26,27-17-8-5-9-18-27)29(33)28-19-11-10-14-25(28)23-32-20-12-13-21-32/h4-11,14-19,24H,12-13,20-23H2,1-3H3/t24-/m0/s1. The molecule has 0 amide bonds. The van der Waals surface area contributed by atoms with Gasteiger partial charge in [0.05, 0.1) is 5.41 Å². The van der Waals surface area contributed by atoms with Crippen LogP contribution in [-0.2, 0) is 12.0 Å². The Balaban J connectivity index is 1.88. The lowest BCUT2D eigenvalue weighted by Crippen LogP contribution is -2.43. The Hall–Kier alpha value is -2.75. The van der Waals surface area contributed by atoms with Crippen LogP contribution >= 0.6 is 0 Å². The zero-order chi connectivity index (χ0) is 23.3. The SMILES string of the molecule is C[C@@H](CC(C(=O)c1ccccc1CN1CCCC1)(c1ccccc1)c1ccccc1)N(C)C. The largest absolute Gasteiger partial charge is 0.307 e. The van der Waals surface area contributed by atoms with Gasteiger partial charge in [-0.3, -0.25) is 9.69 Å². The predicted octanol–water partition coefficient (Wildman–Crippen LogP) is 5.79. The third-order valence-corrected chi connectivity index (χ3v) is 7.26. The number of carbonyl (C=O) groups is 1. The van der Waals surface area contributed by atoms with Gasteiger partial charge in [0.25, 0.3) is 0 Å². The Kier molecular flexibility index (Phi) is 7.42. The van der Waals surface area contributed by atoms with Crippen molar-refractivity contribution in [2.24, 2.45) is 0 Å². The molecule has 1 aliphatic heterocycles. The Labute approximate surface area is 199 Å². The monoisotopic (exact) mass is 440 g/mol. The summed E-state index contributed by atoms with van der Waals surface area (Å²) in [5.74, 6) is 0.198. The van der Waals surface area contributed by atoms with Gasteiger partial charge in [0.2, 0.25) is 0 Å². The quantitative estimate of drug-likeness (QED) is 0.393. The normalized spacial score (nSPS) is 15.6. The summed E-state index contributed by atoms with van der Waals surface area (Å²) in [5, 5.41) is 0. The van der Waals surface area contributed by atoms with E-state index in [1.165, 1.54) is 12.8 Å². The lowest BCUT2D eigenvalue weighted by Gasteiger charge is -2.38. The molecule has 3 nitrogen and oxygen atoms in total. The van der Waals surface area contributed by atoms with Crippen LogP contribution in [0.4, 0.5) is 0 Å². The predicted molar refractivity (Wildman–Crippen MR) is 137 cm³/mol. The average Bonchev–Trinajstić information content (AvgIpc) is 3.36. The zero-order valence-electron chi connectivity index (χ0n) is 20.2. The maximum absolute atomic E-state index is 14.8. The Bertz CT molecular complexity index is 1000. The van der Waals surface area contributed by atoms with Gasteiger partial charge in [0, 0.05) is 18.2 Å². The second kappa shape index (κ2) is 10.5. The molecule has 0 radical (unpaired) electrons. The van der Waals surface area contributed by atoms with Crippen LogP contribution in [0.3, 0.4) is 0 Å². The smallest absolute Gasteiger partial charge is 0.178 e. The fraction of sp³-hybridized carbons (Fsp3) is 0.367. The molecular formula is C30H36N2O. The molecule has 1 aliphatic rings. The number of benzene rings is 3. The second-order valence-electron chi connectivity index (χ2n) is 9.62. The summed E-state index contributed by atoms with van der Waals surface area (Å²) in [5.41, 5.74) is 3.35. The number of ketones is 1. The highest BCUT2D eigenvalue weighted by atomic mass is 16.1. The lowest BCUT2D eigenvalue weighted by molar-refractivity contribution is 0.0880. The van der Waals surface area contributed by atoms with Crippen LogP contribution in [-0.4, -0.2) is 48.8 Å². The number of likely N-dealkylation sites (tertiary alicyclic amines) is 1. The van der Waals surface area contributed by atoms with Crippen molar-refractivity contribution in [3.63, 3.8) is 0 Å². The average molecular weight is 441 g/mol. The molecule has 1 atom stereocenters. The van der Waals surface area contributed by atoms with Crippen molar-refractivity contribution < 1.29 is 4.79 Å². The molecule has 1 heterocycles. The van der Waals surface area contributed by atoms with E-state index in [9.17, 15) is 4.79 Å². The van der Waals surface area contributed by atoms with Gasteiger partial charge < -0.3 is 4.90 Å². The van der Waals surface area contributed by atoms with E-state index in [1.54, 1.807) is 0 Å². The van der Waals surface area contributed by atoms with Crippen LogP contribution in [0.2, 0.25) is 0 Å². The van der Waals surface area contributed by atoms with Crippen LogP contribution in [0.15, 0.2) is 84.9 Å². The first-order valence-electron chi connectivity index (χ1n) is 12.1. The molecule has 1 fully saturated rings. The minimum atomic E-state index is -0.757. The number of nitrogens with zero attached hydrogens (tertiary/aromatic N) is 2. The van der Waals surface area contributed by atoms with Gasteiger partial charge in [-0.05, 0) is 70.1 Å². The highest BCUT2D eigenvalue weighted by molar-refractivity contribution is 6.07. The van der Waals surface area contributed by atoms with Crippen molar-refractivity contribution in [3.05, 3.63) is 107 Å². The summed E-state index contributed by atoms with van der Waals surface area (Å²) < 4.78 is 0. The molecule has 172 valence electrons. The summed E-state index contributed by atoms with van der Waals surface area (Å²) in [6, 6.07) is 29.2. The van der Waals surface area contributed by atoms with Crippen molar-refractivity contribution >= 4 is 5.78 Å². The molecule has 3 aromatic rings. The Morgan fingerprint density at radius 2 is 1.36 bits per heavy atom. The molecule has 0 spiro atoms. The summed E-state index contributed by atoms with van der Waals surface area (Å²) >= 11 is 0. The zero-order valence-corrected chi connectivity index (χ0v) is 20.2. The number of rotatable bonds is 9. The third-order valence-electron chi connectivity index (χ3n) is 7.26. The molecule has 3 heteroatoms. The van der Waals surface area contributed by atoms with Crippen molar-refractivity contribution in [1.29, 1.82) is 0 Å². The topological polar surface area (TPSA) is 23.6 Å². The van der Waals surface area contributed by atoms with Crippen molar-refractivity contribution in [2.45, 2.75) is 44.2 Å². The molecular weight excluding hydrogens is 404 g/mol. The molecule has 0 unspecified atom stereocenters. The minimum Gasteiger partial charge on any atom is -0.307 e. The van der Waals surface area contributed by atoms with Crippen molar-refractivity contribution in [1.82, 2.24) is 9.80 Å². The molecule has 0 aliphatic carbocycles. The van der Waals surface area contributed by atoms with E-state index in [2.05, 4.69) is 91.5 Å². The molecule has 0 N–H and O–H groups in total. The van der Waals surface area contributed by atoms with E-state index in [1.807, 2.05) is 24.3 Å². The number of carbonyl (C=O) groups excluding carboxylic acids is 1. The van der Waals surface area contributed by atoms with Crippen LogP contribution in [0, 0.1) is 0 Å². The molecule has 0 saturated carbocycles. The van der Waals surface area contributed by atoms with Gasteiger partial charge >= 0.3 is 0 Å². The Morgan fingerprint density at radius 1 is 0.848 bits per heavy atom. The number of hydrogen-bond acceptors (Lipinski definition) is 3.